The molecule has 2 aliphatic carbocycles. The lowest BCUT2D eigenvalue weighted by atomic mass is 9.76. The van der Waals surface area contributed by atoms with Gasteiger partial charge in [0, 0.05) is 0 Å². The molecule has 1 aromatic rings. The highest BCUT2D eigenvalue weighted by Crippen LogP contribution is 2.41. The number of hydrogen-bond acceptors (Lipinski definition) is 0. The molecule has 2 fully saturated rings. The summed E-state index contributed by atoms with van der Waals surface area (Å²) in [4.78, 5) is 0. The first-order valence-corrected chi connectivity index (χ1v) is 12.3. The van der Waals surface area contributed by atoms with E-state index in [0.29, 0.717) is 11.5 Å². The number of alkyl halides is 3. The Morgan fingerprint density at radius 3 is 1.55 bits per heavy atom. The van der Waals surface area contributed by atoms with Crippen molar-refractivity contribution < 1.29 is 22.0 Å². The summed E-state index contributed by atoms with van der Waals surface area (Å²) in [5, 5.41) is 0. The zero-order valence-electron chi connectivity index (χ0n) is 18.8. The summed E-state index contributed by atoms with van der Waals surface area (Å²) in [6.45, 7) is 2.28. The zero-order valence-corrected chi connectivity index (χ0v) is 18.8. The smallest absolute Gasteiger partial charge is 0.206 e. The second-order valence-corrected chi connectivity index (χ2v) is 10.0. The molecule has 0 saturated heterocycles. The summed E-state index contributed by atoms with van der Waals surface area (Å²) >= 11 is 0. The lowest BCUT2D eigenvalue weighted by Crippen LogP contribution is -2.16. The molecule has 0 heterocycles. The van der Waals surface area contributed by atoms with Crippen molar-refractivity contribution >= 4 is 0 Å². The van der Waals surface area contributed by atoms with Gasteiger partial charge >= 0.3 is 6.18 Å². The molecule has 0 bridgehead atoms. The lowest BCUT2D eigenvalue weighted by molar-refractivity contribution is -0.142. The molecule has 0 radical (unpaired) electrons. The van der Waals surface area contributed by atoms with Crippen LogP contribution in [0.25, 0.3) is 0 Å². The predicted molar refractivity (Wildman–Crippen MR) is 115 cm³/mol. The Balaban J connectivity index is 1.37. The number of benzene rings is 1. The fraction of sp³-hybridized carbons (Fsp3) is 0.769. The Morgan fingerprint density at radius 2 is 1.13 bits per heavy atom. The van der Waals surface area contributed by atoms with E-state index in [4.69, 9.17) is 0 Å². The van der Waals surface area contributed by atoms with Crippen molar-refractivity contribution in [2.75, 3.05) is 0 Å². The molecule has 0 unspecified atom stereocenters. The number of halogens is 5. The Kier molecular flexibility index (Phi) is 8.81. The quantitative estimate of drug-likeness (QED) is 0.277. The molecular formula is C26H37F5. The Hall–Kier alpha value is -1.13. The van der Waals surface area contributed by atoms with Gasteiger partial charge in [-0.1, -0.05) is 71.1 Å². The third-order valence-electron chi connectivity index (χ3n) is 7.80. The summed E-state index contributed by atoms with van der Waals surface area (Å²) in [7, 11) is 0. The van der Waals surface area contributed by atoms with Crippen LogP contribution in [0.15, 0.2) is 12.1 Å². The van der Waals surface area contributed by atoms with Gasteiger partial charge in [0.2, 0.25) is 0 Å². The van der Waals surface area contributed by atoms with Crippen LogP contribution < -0.4 is 0 Å². The van der Waals surface area contributed by atoms with Gasteiger partial charge in [0.1, 0.15) is 17.2 Å². The van der Waals surface area contributed by atoms with E-state index in [0.717, 1.165) is 49.7 Å². The van der Waals surface area contributed by atoms with Gasteiger partial charge in [-0.25, -0.2) is 8.78 Å². The van der Waals surface area contributed by atoms with E-state index in [1.807, 2.05) is 0 Å². The first kappa shape index (κ1) is 24.5. The van der Waals surface area contributed by atoms with Crippen molar-refractivity contribution in [1.29, 1.82) is 0 Å². The van der Waals surface area contributed by atoms with E-state index in [-0.39, 0.29) is 5.92 Å². The zero-order chi connectivity index (χ0) is 22.4. The fourth-order valence-corrected chi connectivity index (χ4v) is 5.97. The number of hydrogen-bond donors (Lipinski definition) is 0. The summed E-state index contributed by atoms with van der Waals surface area (Å²) in [5.41, 5.74) is -1.40. The van der Waals surface area contributed by atoms with E-state index >= 15 is 0 Å². The van der Waals surface area contributed by atoms with Gasteiger partial charge in [0.15, 0.2) is 0 Å². The molecule has 0 aromatic heterocycles. The van der Waals surface area contributed by atoms with Crippen LogP contribution in [0.1, 0.15) is 114 Å². The lowest BCUT2D eigenvalue weighted by Gasteiger charge is -2.30. The third-order valence-corrected chi connectivity index (χ3v) is 7.80. The molecule has 0 amide bonds. The van der Waals surface area contributed by atoms with Gasteiger partial charge in [-0.05, 0) is 67.1 Å². The molecular weight excluding hydrogens is 407 g/mol. The molecule has 1 aromatic carbocycles. The molecule has 0 spiro atoms. The van der Waals surface area contributed by atoms with Crippen LogP contribution in [0.4, 0.5) is 22.0 Å². The average Bonchev–Trinajstić information content (AvgIpc) is 2.71. The van der Waals surface area contributed by atoms with Crippen LogP contribution in [-0.4, -0.2) is 0 Å². The van der Waals surface area contributed by atoms with Crippen molar-refractivity contribution in [3.8, 4) is 0 Å². The van der Waals surface area contributed by atoms with Crippen LogP contribution >= 0.6 is 0 Å². The van der Waals surface area contributed by atoms with Crippen molar-refractivity contribution in [3.63, 3.8) is 0 Å². The highest BCUT2D eigenvalue weighted by Gasteiger charge is 2.38. The van der Waals surface area contributed by atoms with Gasteiger partial charge in [0.05, 0.1) is 0 Å². The number of unbranched alkanes of at least 4 members (excludes halogenated alkanes) is 1. The van der Waals surface area contributed by atoms with E-state index in [2.05, 4.69) is 6.92 Å². The molecule has 31 heavy (non-hydrogen) atoms. The van der Waals surface area contributed by atoms with Crippen molar-refractivity contribution in [3.05, 3.63) is 34.9 Å². The molecule has 3 rings (SSSR count). The SMILES string of the molecule is CCCC1CCC(CCCCC2CCC(c3cc(F)c(C(F)(F)F)c(F)c3)CC2)CC1. The van der Waals surface area contributed by atoms with Crippen LogP contribution in [0.3, 0.4) is 0 Å². The minimum absolute atomic E-state index is 0.0409. The van der Waals surface area contributed by atoms with Crippen LogP contribution in [0.2, 0.25) is 0 Å². The molecule has 0 aliphatic heterocycles. The van der Waals surface area contributed by atoms with Crippen molar-refractivity contribution in [2.24, 2.45) is 17.8 Å². The topological polar surface area (TPSA) is 0 Å². The summed E-state index contributed by atoms with van der Waals surface area (Å²) < 4.78 is 66.1. The van der Waals surface area contributed by atoms with Crippen LogP contribution in [0.5, 0.6) is 0 Å². The van der Waals surface area contributed by atoms with Crippen molar-refractivity contribution in [2.45, 2.75) is 109 Å². The van der Waals surface area contributed by atoms with Crippen LogP contribution in [-0.2, 0) is 6.18 Å². The Morgan fingerprint density at radius 1 is 0.710 bits per heavy atom. The van der Waals surface area contributed by atoms with Crippen molar-refractivity contribution in [1.82, 2.24) is 0 Å². The summed E-state index contributed by atoms with van der Waals surface area (Å²) in [6, 6.07) is 1.79. The predicted octanol–water partition coefficient (Wildman–Crippen LogP) is 9.42. The summed E-state index contributed by atoms with van der Waals surface area (Å²) in [5.74, 6) is -0.514. The molecule has 2 aliphatic rings. The Labute approximate surface area is 184 Å². The van der Waals surface area contributed by atoms with E-state index in [9.17, 15) is 22.0 Å². The first-order valence-electron chi connectivity index (χ1n) is 12.3. The second kappa shape index (κ2) is 11.1. The van der Waals surface area contributed by atoms with Crippen LogP contribution in [0, 0.1) is 29.4 Å². The maximum atomic E-state index is 13.9. The second-order valence-electron chi connectivity index (χ2n) is 10.0. The molecule has 2 saturated carbocycles. The maximum absolute atomic E-state index is 13.9. The minimum atomic E-state index is -5.00. The maximum Gasteiger partial charge on any atom is 0.422 e. The minimum Gasteiger partial charge on any atom is -0.206 e. The average molecular weight is 445 g/mol. The molecule has 5 heteroatoms. The normalized spacial score (nSPS) is 27.4. The van der Waals surface area contributed by atoms with Gasteiger partial charge in [-0.15, -0.1) is 0 Å². The fourth-order valence-electron chi connectivity index (χ4n) is 5.97. The highest BCUT2D eigenvalue weighted by atomic mass is 19.4. The number of rotatable bonds is 8. The van der Waals surface area contributed by atoms with Gasteiger partial charge in [0.25, 0.3) is 0 Å². The summed E-state index contributed by atoms with van der Waals surface area (Å²) in [6.07, 6.45) is 12.0. The van der Waals surface area contributed by atoms with E-state index in [1.165, 1.54) is 64.2 Å². The molecule has 176 valence electrons. The largest absolute Gasteiger partial charge is 0.422 e. The first-order chi connectivity index (χ1) is 14.8. The highest BCUT2D eigenvalue weighted by molar-refractivity contribution is 5.30. The Bertz CT molecular complexity index is 657. The monoisotopic (exact) mass is 444 g/mol. The van der Waals surface area contributed by atoms with Gasteiger partial charge < -0.3 is 0 Å². The molecule has 0 atom stereocenters. The van der Waals surface area contributed by atoms with E-state index < -0.39 is 23.4 Å². The standard InChI is InChI=1S/C26H37F5/c1-2-5-18-8-10-19(11-9-18)6-3-4-7-20-12-14-21(15-13-20)22-16-23(27)25(24(28)17-22)26(29,30)31/h16-21H,2-15H2,1H3. The van der Waals surface area contributed by atoms with E-state index in [1.54, 1.807) is 0 Å². The third kappa shape index (κ3) is 6.92. The molecule has 0 N–H and O–H groups in total. The van der Waals surface area contributed by atoms with Gasteiger partial charge in [-0.2, -0.15) is 13.2 Å². The molecule has 0 nitrogen and oxygen atoms in total. The van der Waals surface area contributed by atoms with Gasteiger partial charge in [-0.3, -0.25) is 0 Å².